The zero-order chi connectivity index (χ0) is 9.72. The molecule has 2 nitrogen and oxygen atoms in total. The highest BCUT2D eigenvalue weighted by atomic mass is 16.3. The summed E-state index contributed by atoms with van der Waals surface area (Å²) in [5.74, 6) is 0.163. The van der Waals surface area contributed by atoms with E-state index in [1.165, 1.54) is 0 Å². The summed E-state index contributed by atoms with van der Waals surface area (Å²) in [7, 11) is 0. The van der Waals surface area contributed by atoms with Crippen LogP contribution in [0, 0.1) is 5.92 Å². The Bertz CT molecular complexity index is 176. The Morgan fingerprint density at radius 3 is 2.25 bits per heavy atom. The van der Waals surface area contributed by atoms with E-state index < -0.39 is 6.10 Å². The summed E-state index contributed by atoms with van der Waals surface area (Å²) in [5, 5.41) is 9.36. The highest BCUT2D eigenvalue weighted by molar-refractivity contribution is 5.90. The van der Waals surface area contributed by atoms with Gasteiger partial charge in [0.2, 0.25) is 0 Å². The molecule has 0 bridgehead atoms. The number of hydrogen-bond acceptors (Lipinski definition) is 2. The van der Waals surface area contributed by atoms with Crippen LogP contribution in [0.5, 0.6) is 0 Å². The number of rotatable bonds is 4. The van der Waals surface area contributed by atoms with Gasteiger partial charge in [0, 0.05) is 6.42 Å². The molecule has 0 heterocycles. The van der Waals surface area contributed by atoms with Gasteiger partial charge in [-0.3, -0.25) is 4.79 Å². The Hall–Kier alpha value is -0.630. The third-order valence-electron chi connectivity index (χ3n) is 1.63. The van der Waals surface area contributed by atoms with Gasteiger partial charge in [0.05, 0.1) is 6.10 Å². The Balaban J connectivity index is 3.94. The fraction of sp³-hybridized carbons (Fsp3) is 0.700. The Morgan fingerprint density at radius 1 is 1.42 bits per heavy atom. The fourth-order valence-corrected chi connectivity index (χ4v) is 0.823. The SMILES string of the molecule is CC(C)=CC(=O)CC(O)C(C)C. The van der Waals surface area contributed by atoms with Crippen LogP contribution >= 0.6 is 0 Å². The number of carbonyl (C=O) groups excluding carboxylic acids is 1. The monoisotopic (exact) mass is 170 g/mol. The van der Waals surface area contributed by atoms with Gasteiger partial charge in [0.1, 0.15) is 0 Å². The molecule has 70 valence electrons. The third kappa shape index (κ3) is 5.08. The molecule has 0 rings (SSSR count). The summed E-state index contributed by atoms with van der Waals surface area (Å²) < 4.78 is 0. The summed E-state index contributed by atoms with van der Waals surface area (Å²) in [6.07, 6.45) is 1.31. The van der Waals surface area contributed by atoms with Crippen LogP contribution in [0.1, 0.15) is 34.1 Å². The van der Waals surface area contributed by atoms with Gasteiger partial charge in [-0.1, -0.05) is 19.4 Å². The Kier molecular flexibility index (Phi) is 4.83. The number of aliphatic hydroxyl groups is 1. The quantitative estimate of drug-likeness (QED) is 0.654. The van der Waals surface area contributed by atoms with E-state index in [-0.39, 0.29) is 18.1 Å². The number of carbonyl (C=O) groups is 1. The first-order chi connectivity index (χ1) is 5.43. The van der Waals surface area contributed by atoms with Crippen molar-refractivity contribution >= 4 is 5.78 Å². The van der Waals surface area contributed by atoms with Crippen LogP contribution in [0.2, 0.25) is 0 Å². The van der Waals surface area contributed by atoms with Crippen molar-refractivity contribution in [2.45, 2.75) is 40.2 Å². The molecule has 0 fully saturated rings. The molecule has 0 spiro atoms. The summed E-state index contributed by atoms with van der Waals surface area (Å²) in [5.41, 5.74) is 0.982. The Labute approximate surface area is 74.3 Å². The van der Waals surface area contributed by atoms with E-state index in [1.54, 1.807) is 6.08 Å². The number of ketones is 1. The van der Waals surface area contributed by atoms with Crippen LogP contribution in [-0.2, 0) is 4.79 Å². The predicted molar refractivity (Wildman–Crippen MR) is 49.9 cm³/mol. The molecule has 0 aromatic carbocycles. The van der Waals surface area contributed by atoms with E-state index in [0.717, 1.165) is 5.57 Å². The molecule has 0 aliphatic rings. The lowest BCUT2D eigenvalue weighted by Gasteiger charge is -2.11. The van der Waals surface area contributed by atoms with Gasteiger partial charge in [0.15, 0.2) is 5.78 Å². The van der Waals surface area contributed by atoms with Gasteiger partial charge >= 0.3 is 0 Å². The number of hydrogen-bond donors (Lipinski definition) is 1. The summed E-state index contributed by atoms with van der Waals surface area (Å²) in [4.78, 5) is 11.1. The smallest absolute Gasteiger partial charge is 0.158 e. The van der Waals surface area contributed by atoms with E-state index in [9.17, 15) is 9.90 Å². The first-order valence-corrected chi connectivity index (χ1v) is 4.29. The fourth-order valence-electron chi connectivity index (χ4n) is 0.823. The molecule has 1 N–H and O–H groups in total. The third-order valence-corrected chi connectivity index (χ3v) is 1.63. The average molecular weight is 170 g/mol. The lowest BCUT2D eigenvalue weighted by molar-refractivity contribution is -0.117. The lowest BCUT2D eigenvalue weighted by Crippen LogP contribution is -2.18. The maximum atomic E-state index is 11.1. The minimum Gasteiger partial charge on any atom is -0.392 e. The molecule has 0 aromatic heterocycles. The maximum Gasteiger partial charge on any atom is 0.158 e. The minimum atomic E-state index is -0.506. The second-order valence-electron chi connectivity index (χ2n) is 3.70. The highest BCUT2D eigenvalue weighted by Crippen LogP contribution is 2.06. The second-order valence-corrected chi connectivity index (χ2v) is 3.70. The average Bonchev–Trinajstić information content (AvgIpc) is 1.84. The zero-order valence-corrected chi connectivity index (χ0v) is 8.29. The van der Waals surface area contributed by atoms with Crippen LogP contribution < -0.4 is 0 Å². The van der Waals surface area contributed by atoms with Crippen molar-refractivity contribution in [3.05, 3.63) is 11.6 Å². The van der Waals surface area contributed by atoms with E-state index >= 15 is 0 Å². The molecule has 0 amide bonds. The van der Waals surface area contributed by atoms with E-state index in [4.69, 9.17) is 0 Å². The maximum absolute atomic E-state index is 11.1. The van der Waals surface area contributed by atoms with Crippen molar-refractivity contribution in [2.24, 2.45) is 5.92 Å². The van der Waals surface area contributed by atoms with Crippen molar-refractivity contribution in [3.8, 4) is 0 Å². The number of aliphatic hydroxyl groups excluding tert-OH is 1. The highest BCUT2D eigenvalue weighted by Gasteiger charge is 2.12. The molecule has 2 heteroatoms. The summed E-state index contributed by atoms with van der Waals surface area (Å²) in [6, 6.07) is 0. The normalized spacial score (nSPS) is 12.8. The van der Waals surface area contributed by atoms with Gasteiger partial charge < -0.3 is 5.11 Å². The van der Waals surface area contributed by atoms with Crippen LogP contribution in [0.25, 0.3) is 0 Å². The van der Waals surface area contributed by atoms with Gasteiger partial charge in [-0.15, -0.1) is 0 Å². The summed E-state index contributed by atoms with van der Waals surface area (Å²) >= 11 is 0. The van der Waals surface area contributed by atoms with Gasteiger partial charge in [-0.05, 0) is 25.8 Å². The van der Waals surface area contributed by atoms with Crippen LogP contribution in [0.3, 0.4) is 0 Å². The number of allylic oxidation sites excluding steroid dienone is 2. The second kappa shape index (κ2) is 5.09. The van der Waals surface area contributed by atoms with Crippen LogP contribution in [0.15, 0.2) is 11.6 Å². The van der Waals surface area contributed by atoms with Crippen molar-refractivity contribution in [1.29, 1.82) is 0 Å². The first-order valence-electron chi connectivity index (χ1n) is 4.29. The molecule has 0 aliphatic carbocycles. The van der Waals surface area contributed by atoms with Crippen molar-refractivity contribution in [2.75, 3.05) is 0 Å². The van der Waals surface area contributed by atoms with E-state index in [0.29, 0.717) is 0 Å². The first kappa shape index (κ1) is 11.4. The molecular weight excluding hydrogens is 152 g/mol. The van der Waals surface area contributed by atoms with Gasteiger partial charge in [-0.2, -0.15) is 0 Å². The lowest BCUT2D eigenvalue weighted by atomic mass is 10.0. The molecule has 0 aliphatic heterocycles. The topological polar surface area (TPSA) is 37.3 Å². The van der Waals surface area contributed by atoms with Crippen LogP contribution in [0.4, 0.5) is 0 Å². The molecule has 1 atom stereocenters. The Morgan fingerprint density at radius 2 is 1.92 bits per heavy atom. The van der Waals surface area contributed by atoms with E-state index in [2.05, 4.69) is 0 Å². The van der Waals surface area contributed by atoms with Gasteiger partial charge in [-0.25, -0.2) is 0 Å². The van der Waals surface area contributed by atoms with Crippen LogP contribution in [-0.4, -0.2) is 17.0 Å². The molecule has 0 radical (unpaired) electrons. The predicted octanol–water partition coefficient (Wildman–Crippen LogP) is 1.93. The molecule has 0 saturated heterocycles. The zero-order valence-electron chi connectivity index (χ0n) is 8.29. The van der Waals surface area contributed by atoms with Crippen molar-refractivity contribution in [1.82, 2.24) is 0 Å². The summed E-state index contributed by atoms with van der Waals surface area (Å²) in [6.45, 7) is 7.56. The van der Waals surface area contributed by atoms with Crippen molar-refractivity contribution in [3.63, 3.8) is 0 Å². The largest absolute Gasteiger partial charge is 0.392 e. The molecule has 12 heavy (non-hydrogen) atoms. The van der Waals surface area contributed by atoms with Gasteiger partial charge in [0.25, 0.3) is 0 Å². The minimum absolute atomic E-state index is 0.0104. The van der Waals surface area contributed by atoms with Crippen molar-refractivity contribution < 1.29 is 9.90 Å². The molecule has 1 unspecified atom stereocenters. The molecular formula is C10H18O2. The standard InChI is InChI=1S/C10H18O2/c1-7(2)5-9(11)6-10(12)8(3)4/h5,8,10,12H,6H2,1-4H3. The molecule has 0 aromatic rings. The van der Waals surface area contributed by atoms with E-state index in [1.807, 2.05) is 27.7 Å². The molecule has 0 saturated carbocycles.